The monoisotopic (exact) mass is 522 g/mol. The molecule has 0 aromatic carbocycles. The fourth-order valence-electron chi connectivity index (χ4n) is 3.80. The van der Waals surface area contributed by atoms with Crippen molar-refractivity contribution >= 4 is 41.7 Å². The van der Waals surface area contributed by atoms with Crippen LogP contribution in [0.25, 0.3) is 0 Å². The summed E-state index contributed by atoms with van der Waals surface area (Å²) >= 11 is 1.71. The quantitative estimate of drug-likeness (QED) is 0.144. The molecule has 1 heterocycles. The van der Waals surface area contributed by atoms with E-state index < -0.39 is 0 Å². The zero-order valence-corrected chi connectivity index (χ0v) is 21.2. The maximum atomic E-state index is 4.48. The van der Waals surface area contributed by atoms with Gasteiger partial charge in [-0.3, -0.25) is 4.99 Å². The van der Waals surface area contributed by atoms with Crippen LogP contribution in [0.3, 0.4) is 0 Å². The first-order valence-corrected chi connectivity index (χ1v) is 11.9. The Balaban J connectivity index is 0.00000392. The lowest BCUT2D eigenvalue weighted by molar-refractivity contribution is 0.460. The van der Waals surface area contributed by atoms with Gasteiger partial charge in [-0.25, -0.2) is 0 Å². The van der Waals surface area contributed by atoms with Gasteiger partial charge in [0.25, 0.3) is 0 Å². The van der Waals surface area contributed by atoms with Crippen molar-refractivity contribution in [3.8, 4) is 0 Å². The minimum absolute atomic E-state index is 0. The first-order valence-electron chi connectivity index (χ1n) is 10.6. The van der Waals surface area contributed by atoms with Gasteiger partial charge in [0.2, 0.25) is 0 Å². The second-order valence-corrected chi connectivity index (χ2v) is 8.33. The number of nitrogens with zero attached hydrogens (tertiary/aromatic N) is 4. The number of guanidine groups is 1. The summed E-state index contributed by atoms with van der Waals surface area (Å²) in [5, 5.41) is 16.9. The van der Waals surface area contributed by atoms with Crippen molar-refractivity contribution in [2.45, 2.75) is 95.3 Å². The molecule has 1 aliphatic rings. The van der Waals surface area contributed by atoms with E-state index in [1.54, 1.807) is 11.8 Å². The van der Waals surface area contributed by atoms with E-state index in [9.17, 15) is 0 Å². The molecule has 1 saturated carbocycles. The molecule has 1 aromatic rings. The summed E-state index contributed by atoms with van der Waals surface area (Å²) in [4.78, 5) is 4.36. The summed E-state index contributed by atoms with van der Waals surface area (Å²) in [6.45, 7) is 5.37. The van der Waals surface area contributed by atoms with Crippen LogP contribution in [0, 0.1) is 0 Å². The number of thioether (sulfide) groups is 1. The summed E-state index contributed by atoms with van der Waals surface area (Å²) in [7, 11) is 1.84. The standard InChI is InChI=1S/C20H38N6S.HI/c1-5-6-7-11-16(2)23-19(21-3)22-15-10-14-18-24-25-20(27-4)26(18)17-12-8-9-13-17;/h16-17H,5-15H2,1-4H3,(H2,21,22,23);1H. The number of nitrogens with one attached hydrogen (secondary N) is 2. The molecular formula is C20H39IN6S. The van der Waals surface area contributed by atoms with E-state index in [0.29, 0.717) is 12.1 Å². The Labute approximate surface area is 192 Å². The van der Waals surface area contributed by atoms with Crippen LogP contribution in [0.2, 0.25) is 0 Å². The van der Waals surface area contributed by atoms with Gasteiger partial charge >= 0.3 is 0 Å². The number of rotatable bonds is 11. The molecule has 8 heteroatoms. The number of unbranched alkanes of at least 4 members (excludes halogenated alkanes) is 2. The van der Waals surface area contributed by atoms with Gasteiger partial charge in [0.15, 0.2) is 11.1 Å². The van der Waals surface area contributed by atoms with Gasteiger partial charge in [-0.2, -0.15) is 0 Å². The predicted octanol–water partition coefficient (Wildman–Crippen LogP) is 4.80. The third kappa shape index (κ3) is 8.08. The van der Waals surface area contributed by atoms with E-state index in [-0.39, 0.29) is 24.0 Å². The Morgan fingerprint density at radius 3 is 2.64 bits per heavy atom. The minimum Gasteiger partial charge on any atom is -0.356 e. The molecule has 0 amide bonds. The summed E-state index contributed by atoms with van der Waals surface area (Å²) in [6, 6.07) is 1.06. The van der Waals surface area contributed by atoms with Crippen molar-refractivity contribution in [2.24, 2.45) is 4.99 Å². The highest BCUT2D eigenvalue weighted by Gasteiger charge is 2.23. The first kappa shape index (κ1) is 25.5. The average molecular weight is 523 g/mol. The van der Waals surface area contributed by atoms with E-state index in [4.69, 9.17) is 0 Å². The highest BCUT2D eigenvalue weighted by atomic mass is 127. The van der Waals surface area contributed by atoms with Crippen LogP contribution in [-0.2, 0) is 6.42 Å². The summed E-state index contributed by atoms with van der Waals surface area (Å²) in [6.07, 6.45) is 14.3. The van der Waals surface area contributed by atoms with Gasteiger partial charge in [-0.1, -0.05) is 50.8 Å². The predicted molar refractivity (Wildman–Crippen MR) is 131 cm³/mol. The zero-order valence-electron chi connectivity index (χ0n) is 18.0. The molecule has 0 spiro atoms. The van der Waals surface area contributed by atoms with Crippen LogP contribution in [0.5, 0.6) is 0 Å². The lowest BCUT2D eigenvalue weighted by atomic mass is 10.1. The maximum absolute atomic E-state index is 4.48. The highest BCUT2D eigenvalue weighted by Crippen LogP contribution is 2.33. The number of hydrogen-bond acceptors (Lipinski definition) is 4. The fraction of sp³-hybridized carbons (Fsp3) is 0.850. The Kier molecular flexibility index (Phi) is 13.2. The molecule has 1 atom stereocenters. The number of aromatic nitrogens is 3. The molecular weight excluding hydrogens is 483 g/mol. The molecule has 2 rings (SSSR count). The Morgan fingerprint density at radius 2 is 2.00 bits per heavy atom. The van der Waals surface area contributed by atoms with E-state index in [1.165, 1.54) is 51.4 Å². The van der Waals surface area contributed by atoms with Crippen molar-refractivity contribution in [2.75, 3.05) is 19.8 Å². The number of aryl methyl sites for hydroxylation is 1. The first-order chi connectivity index (χ1) is 13.2. The Bertz CT molecular complexity index is 571. The van der Waals surface area contributed by atoms with Crippen molar-refractivity contribution < 1.29 is 0 Å². The largest absolute Gasteiger partial charge is 0.356 e. The van der Waals surface area contributed by atoms with E-state index in [1.807, 2.05) is 7.05 Å². The Morgan fingerprint density at radius 1 is 1.25 bits per heavy atom. The van der Waals surface area contributed by atoms with Crippen LogP contribution < -0.4 is 10.6 Å². The van der Waals surface area contributed by atoms with Gasteiger partial charge in [0.05, 0.1) is 0 Å². The molecule has 1 unspecified atom stereocenters. The molecule has 0 bridgehead atoms. The smallest absolute Gasteiger partial charge is 0.191 e. The van der Waals surface area contributed by atoms with Gasteiger partial charge in [-0.15, -0.1) is 34.2 Å². The van der Waals surface area contributed by atoms with Gasteiger partial charge in [0, 0.05) is 32.1 Å². The second-order valence-electron chi connectivity index (χ2n) is 7.55. The molecule has 0 aliphatic heterocycles. The molecule has 6 nitrogen and oxygen atoms in total. The van der Waals surface area contributed by atoms with Gasteiger partial charge in [-0.05, 0) is 38.9 Å². The van der Waals surface area contributed by atoms with Gasteiger partial charge in [0.1, 0.15) is 5.82 Å². The Hall–Kier alpha value is -0.510. The topological polar surface area (TPSA) is 67.1 Å². The number of aliphatic imine (C=N–C) groups is 1. The second kappa shape index (κ2) is 14.5. The maximum Gasteiger partial charge on any atom is 0.191 e. The molecule has 1 aliphatic carbocycles. The van der Waals surface area contributed by atoms with Crippen molar-refractivity contribution in [3.63, 3.8) is 0 Å². The normalized spacial score (nSPS) is 16.1. The van der Waals surface area contributed by atoms with Crippen LogP contribution in [0.15, 0.2) is 10.1 Å². The molecule has 1 aromatic heterocycles. The fourth-order valence-corrected chi connectivity index (χ4v) is 4.37. The van der Waals surface area contributed by atoms with Crippen molar-refractivity contribution in [1.82, 2.24) is 25.4 Å². The molecule has 0 saturated heterocycles. The third-order valence-electron chi connectivity index (χ3n) is 5.32. The number of hydrogen-bond donors (Lipinski definition) is 2. The molecule has 2 N–H and O–H groups in total. The molecule has 28 heavy (non-hydrogen) atoms. The number of halogens is 1. The van der Waals surface area contributed by atoms with Crippen molar-refractivity contribution in [3.05, 3.63) is 5.82 Å². The lowest BCUT2D eigenvalue weighted by Gasteiger charge is -2.18. The van der Waals surface area contributed by atoms with E-state index in [2.05, 4.69) is 50.5 Å². The molecule has 0 radical (unpaired) electrons. The minimum atomic E-state index is 0. The third-order valence-corrected chi connectivity index (χ3v) is 5.97. The molecule has 162 valence electrons. The average Bonchev–Trinajstić information content (AvgIpc) is 3.33. The summed E-state index contributed by atoms with van der Waals surface area (Å²) in [5.41, 5.74) is 0. The zero-order chi connectivity index (χ0) is 19.5. The van der Waals surface area contributed by atoms with Crippen molar-refractivity contribution in [1.29, 1.82) is 0 Å². The lowest BCUT2D eigenvalue weighted by Crippen LogP contribution is -2.42. The van der Waals surface area contributed by atoms with Gasteiger partial charge < -0.3 is 15.2 Å². The van der Waals surface area contributed by atoms with Crippen LogP contribution in [0.4, 0.5) is 0 Å². The SMILES string of the molecule is CCCCCC(C)NC(=NC)NCCCc1nnc(SC)n1C1CCCC1.I. The van der Waals surface area contributed by atoms with Crippen LogP contribution in [0.1, 0.15) is 83.5 Å². The summed E-state index contributed by atoms with van der Waals surface area (Å²) < 4.78 is 2.40. The molecule has 1 fully saturated rings. The van der Waals surface area contributed by atoms with E-state index in [0.717, 1.165) is 36.3 Å². The van der Waals surface area contributed by atoms with Crippen LogP contribution in [-0.4, -0.2) is 46.6 Å². The highest BCUT2D eigenvalue weighted by molar-refractivity contribution is 14.0. The van der Waals surface area contributed by atoms with Crippen LogP contribution >= 0.6 is 35.7 Å². The summed E-state index contributed by atoms with van der Waals surface area (Å²) in [5.74, 6) is 2.05. The van der Waals surface area contributed by atoms with E-state index >= 15 is 0 Å².